The Hall–Kier alpha value is -0.990. The van der Waals surface area contributed by atoms with Crippen LogP contribution in [-0.2, 0) is 6.42 Å². The van der Waals surface area contributed by atoms with Gasteiger partial charge in [-0.3, -0.25) is 0 Å². The van der Waals surface area contributed by atoms with Crippen molar-refractivity contribution in [2.75, 3.05) is 0 Å². The van der Waals surface area contributed by atoms with Crippen molar-refractivity contribution in [3.05, 3.63) is 23.5 Å². The average Bonchev–Trinajstić information content (AvgIpc) is 2.63. The summed E-state index contributed by atoms with van der Waals surface area (Å²) >= 11 is 0. The van der Waals surface area contributed by atoms with Gasteiger partial charge < -0.3 is 0 Å². The first-order chi connectivity index (χ1) is 12.2. The molecule has 0 bridgehead atoms. The summed E-state index contributed by atoms with van der Waals surface area (Å²) in [5.41, 5.74) is 0.693. The van der Waals surface area contributed by atoms with E-state index in [4.69, 9.17) is 0 Å². The second-order valence-electron chi connectivity index (χ2n) is 7.92. The van der Waals surface area contributed by atoms with Gasteiger partial charge in [-0.05, 0) is 44.4 Å². The third-order valence-corrected chi connectivity index (χ3v) is 5.81. The maximum absolute atomic E-state index is 14.2. The molecule has 1 aromatic rings. The molecule has 0 aromatic carbocycles. The topological polar surface area (TPSA) is 25.8 Å². The second kappa shape index (κ2) is 11.6. The molecule has 0 saturated heterocycles. The zero-order valence-corrected chi connectivity index (χ0v) is 16.4. The number of rotatable bonds is 11. The zero-order chi connectivity index (χ0) is 17.9. The molecular weight excluding hydrogens is 311 g/mol. The van der Waals surface area contributed by atoms with Crippen LogP contribution in [0.1, 0.15) is 115 Å². The van der Waals surface area contributed by atoms with Gasteiger partial charge in [0.1, 0.15) is 5.82 Å². The molecule has 0 unspecified atom stereocenters. The van der Waals surface area contributed by atoms with E-state index >= 15 is 0 Å². The fourth-order valence-electron chi connectivity index (χ4n) is 4.07. The van der Waals surface area contributed by atoms with E-state index in [1.165, 1.54) is 51.4 Å². The molecule has 1 heterocycles. The minimum absolute atomic E-state index is 0.279. The first-order valence-electron chi connectivity index (χ1n) is 10.8. The standard InChI is InChI=1S/C22H37FN2/c1-3-5-7-8-10-11-18-13-15-19(16-14-18)22-24-17-20(21(23)25-22)12-9-6-4-2/h17-19H,3-16H2,1-2H3. The lowest BCUT2D eigenvalue weighted by atomic mass is 9.79. The number of hydrogen-bond donors (Lipinski definition) is 0. The van der Waals surface area contributed by atoms with Crippen LogP contribution in [0.5, 0.6) is 0 Å². The van der Waals surface area contributed by atoms with Crippen molar-refractivity contribution >= 4 is 0 Å². The summed E-state index contributed by atoms with van der Waals surface area (Å²) < 4.78 is 14.2. The maximum Gasteiger partial charge on any atom is 0.219 e. The lowest BCUT2D eigenvalue weighted by Crippen LogP contribution is -2.16. The Labute approximate surface area is 154 Å². The Kier molecular flexibility index (Phi) is 9.42. The molecule has 1 aliphatic carbocycles. The molecule has 0 atom stereocenters. The number of unbranched alkanes of at least 4 members (excludes halogenated alkanes) is 6. The van der Waals surface area contributed by atoms with Crippen LogP contribution in [0.4, 0.5) is 4.39 Å². The lowest BCUT2D eigenvalue weighted by molar-refractivity contribution is 0.294. The molecule has 0 N–H and O–H groups in total. The number of halogens is 1. The molecule has 0 amide bonds. The second-order valence-corrected chi connectivity index (χ2v) is 7.92. The third-order valence-electron chi connectivity index (χ3n) is 5.81. The SMILES string of the molecule is CCCCCCCC1CCC(c2ncc(CCCCC)c(F)n2)CC1. The highest BCUT2D eigenvalue weighted by Crippen LogP contribution is 2.36. The molecule has 0 aliphatic heterocycles. The maximum atomic E-state index is 14.2. The van der Waals surface area contributed by atoms with Gasteiger partial charge in [0, 0.05) is 17.7 Å². The smallest absolute Gasteiger partial charge is 0.219 e. The van der Waals surface area contributed by atoms with Gasteiger partial charge in [-0.2, -0.15) is 4.39 Å². The lowest BCUT2D eigenvalue weighted by Gasteiger charge is -2.27. The number of aryl methyl sites for hydroxylation is 1. The van der Waals surface area contributed by atoms with Crippen LogP contribution in [-0.4, -0.2) is 9.97 Å². The van der Waals surface area contributed by atoms with Crippen molar-refractivity contribution in [2.24, 2.45) is 5.92 Å². The van der Waals surface area contributed by atoms with Crippen LogP contribution < -0.4 is 0 Å². The Balaban J connectivity index is 1.73. The molecule has 2 rings (SSSR count). The Bertz CT molecular complexity index is 481. The molecule has 1 saturated carbocycles. The molecule has 25 heavy (non-hydrogen) atoms. The molecule has 2 nitrogen and oxygen atoms in total. The number of aromatic nitrogens is 2. The molecule has 1 aliphatic rings. The summed E-state index contributed by atoms with van der Waals surface area (Å²) in [5.74, 6) is 1.71. The predicted molar refractivity (Wildman–Crippen MR) is 103 cm³/mol. The summed E-state index contributed by atoms with van der Waals surface area (Å²) in [5, 5.41) is 0. The first-order valence-corrected chi connectivity index (χ1v) is 10.8. The van der Waals surface area contributed by atoms with Gasteiger partial charge in [0.15, 0.2) is 0 Å². The Morgan fingerprint density at radius 1 is 0.920 bits per heavy atom. The van der Waals surface area contributed by atoms with Gasteiger partial charge in [0.05, 0.1) is 0 Å². The highest BCUT2D eigenvalue weighted by molar-refractivity contribution is 5.10. The minimum atomic E-state index is -0.279. The minimum Gasteiger partial charge on any atom is -0.241 e. The third kappa shape index (κ3) is 7.03. The van der Waals surface area contributed by atoms with Crippen LogP contribution in [0.15, 0.2) is 6.20 Å². The van der Waals surface area contributed by atoms with Crippen LogP contribution in [0.2, 0.25) is 0 Å². The summed E-state index contributed by atoms with van der Waals surface area (Å²) in [6.45, 7) is 4.43. The van der Waals surface area contributed by atoms with Crippen molar-refractivity contribution in [1.82, 2.24) is 9.97 Å². The van der Waals surface area contributed by atoms with Crippen molar-refractivity contribution in [1.29, 1.82) is 0 Å². The number of hydrogen-bond acceptors (Lipinski definition) is 2. The van der Waals surface area contributed by atoms with E-state index in [-0.39, 0.29) is 5.95 Å². The Morgan fingerprint density at radius 2 is 1.60 bits per heavy atom. The van der Waals surface area contributed by atoms with Gasteiger partial charge in [0.25, 0.3) is 0 Å². The summed E-state index contributed by atoms with van der Waals surface area (Å²) in [4.78, 5) is 8.73. The van der Waals surface area contributed by atoms with E-state index in [0.717, 1.165) is 50.3 Å². The van der Waals surface area contributed by atoms with Crippen molar-refractivity contribution in [2.45, 2.75) is 110 Å². The predicted octanol–water partition coefficient (Wildman–Crippen LogP) is 6.98. The normalized spacial score (nSPS) is 20.8. The van der Waals surface area contributed by atoms with E-state index in [1.54, 1.807) is 6.20 Å². The van der Waals surface area contributed by atoms with Crippen molar-refractivity contribution in [3.63, 3.8) is 0 Å². The molecular formula is C22H37FN2. The summed E-state index contributed by atoms with van der Waals surface area (Å²) in [6.07, 6.45) is 18.9. The molecule has 3 heteroatoms. The monoisotopic (exact) mass is 348 g/mol. The van der Waals surface area contributed by atoms with Gasteiger partial charge in [-0.25, -0.2) is 9.97 Å². The zero-order valence-electron chi connectivity index (χ0n) is 16.4. The van der Waals surface area contributed by atoms with E-state index < -0.39 is 0 Å². The molecule has 0 spiro atoms. The van der Waals surface area contributed by atoms with Gasteiger partial charge in [-0.1, -0.05) is 65.2 Å². The van der Waals surface area contributed by atoms with Gasteiger partial charge in [0.2, 0.25) is 5.95 Å². The average molecular weight is 349 g/mol. The van der Waals surface area contributed by atoms with Crippen LogP contribution in [0, 0.1) is 11.9 Å². The van der Waals surface area contributed by atoms with Gasteiger partial charge >= 0.3 is 0 Å². The van der Waals surface area contributed by atoms with Crippen LogP contribution in [0.25, 0.3) is 0 Å². The van der Waals surface area contributed by atoms with E-state index in [0.29, 0.717) is 11.5 Å². The van der Waals surface area contributed by atoms with E-state index in [9.17, 15) is 4.39 Å². The van der Waals surface area contributed by atoms with Crippen LogP contribution in [0.3, 0.4) is 0 Å². The van der Waals surface area contributed by atoms with E-state index in [1.807, 2.05) is 0 Å². The first kappa shape index (κ1) is 20.3. The number of nitrogens with zero attached hydrogens (tertiary/aromatic N) is 2. The molecule has 142 valence electrons. The quantitative estimate of drug-likeness (QED) is 0.318. The van der Waals surface area contributed by atoms with Crippen molar-refractivity contribution in [3.8, 4) is 0 Å². The van der Waals surface area contributed by atoms with E-state index in [2.05, 4.69) is 23.8 Å². The molecule has 0 radical (unpaired) electrons. The molecule has 1 fully saturated rings. The highest BCUT2D eigenvalue weighted by atomic mass is 19.1. The highest BCUT2D eigenvalue weighted by Gasteiger charge is 2.24. The Morgan fingerprint density at radius 3 is 2.28 bits per heavy atom. The van der Waals surface area contributed by atoms with Gasteiger partial charge in [-0.15, -0.1) is 0 Å². The fourth-order valence-corrected chi connectivity index (χ4v) is 4.07. The van der Waals surface area contributed by atoms with Crippen LogP contribution >= 0.6 is 0 Å². The van der Waals surface area contributed by atoms with Crippen molar-refractivity contribution < 1.29 is 4.39 Å². The summed E-state index contributed by atoms with van der Waals surface area (Å²) in [6, 6.07) is 0. The fraction of sp³-hybridized carbons (Fsp3) is 0.818. The summed E-state index contributed by atoms with van der Waals surface area (Å²) in [7, 11) is 0. The molecule has 1 aromatic heterocycles. The largest absolute Gasteiger partial charge is 0.241 e.